The molecule has 4 aromatic carbocycles. The van der Waals surface area contributed by atoms with E-state index in [1.165, 1.54) is 218 Å². The Kier molecular flexibility index (Phi) is 41.9. The Bertz CT molecular complexity index is 2160. The van der Waals surface area contributed by atoms with Gasteiger partial charge in [0.05, 0.1) is 9.79 Å². The molecule has 0 spiro atoms. The fourth-order valence-corrected chi connectivity index (χ4v) is 13.4. The number of unbranched alkanes of at least 4 members (excludes halogenated alkanes) is 36. The van der Waals surface area contributed by atoms with Crippen molar-refractivity contribution in [1.29, 1.82) is 0 Å². The summed E-state index contributed by atoms with van der Waals surface area (Å²) in [5.41, 5.74) is 3.72. The summed E-state index contributed by atoms with van der Waals surface area (Å²) >= 11 is 0. The van der Waals surface area contributed by atoms with Crippen molar-refractivity contribution in [3.05, 3.63) is 82.9 Å². The monoisotopic (exact) mass is 1130 g/mol. The normalized spacial score (nSPS) is 11.8. The Balaban J connectivity index is 0.000000520. The zero-order valence-corrected chi connectivity index (χ0v) is 53.7. The molecule has 4 rings (SSSR count). The second kappa shape index (κ2) is 45.1. The van der Waals surface area contributed by atoms with Crippen LogP contribution in [0.5, 0.6) is 0 Å². The number of fused-ring (bicyclic) bond motifs is 2. The maximum atomic E-state index is 12.3. The number of benzene rings is 4. The third-order valence-corrected chi connectivity index (χ3v) is 18.0. The summed E-state index contributed by atoms with van der Waals surface area (Å²) in [7, 11) is -9.07. The van der Waals surface area contributed by atoms with E-state index < -0.39 is 20.2 Å². The minimum absolute atomic E-state index is 0. The molecule has 0 atom stereocenters. The van der Waals surface area contributed by atoms with E-state index in [1.54, 1.807) is 0 Å². The standard InChI is InChI=1S/2C34H56O3S.Ca/c2*1-3-5-7-9-11-13-15-17-19-21-24-30-26-23-27-33-32(30)29-28-31(34(33)38(35,36)37)25-22-20-18-16-14-12-10-8-6-4-2;/h2*23,26-29H,3-22,24-25H2,1-2H3,(H,35,36,37);/q;;+2/p-2. The smallest absolute Gasteiger partial charge is 0.744 e. The van der Waals surface area contributed by atoms with E-state index in [9.17, 15) is 25.9 Å². The van der Waals surface area contributed by atoms with Gasteiger partial charge in [0.2, 0.25) is 0 Å². The zero-order valence-electron chi connectivity index (χ0n) is 49.9. The van der Waals surface area contributed by atoms with E-state index in [1.807, 2.05) is 36.4 Å². The molecule has 0 aromatic heterocycles. The minimum Gasteiger partial charge on any atom is -0.744 e. The number of rotatable bonds is 46. The fraction of sp³-hybridized carbons (Fsp3) is 0.706. The molecular formula is C68H110CaO6S2. The van der Waals surface area contributed by atoms with Crippen molar-refractivity contribution in [3.63, 3.8) is 0 Å². The predicted octanol–water partition coefficient (Wildman–Crippen LogP) is 21.0. The SMILES string of the molecule is CCCCCCCCCCCCc1ccc2c(CCCCCCCCCCCC)cccc2c1S(=O)(=O)[O-].CCCCCCCCCCCCc1ccc2c(CCCCCCCCCCCC)cccc2c1S(=O)(=O)[O-].[Ca+2]. The van der Waals surface area contributed by atoms with Crippen molar-refractivity contribution in [3.8, 4) is 0 Å². The maximum absolute atomic E-state index is 12.3. The molecule has 0 aliphatic rings. The molecule has 0 aliphatic heterocycles. The van der Waals surface area contributed by atoms with Gasteiger partial charge in [-0.3, -0.25) is 0 Å². The average Bonchev–Trinajstić information content (AvgIpc) is 3.40. The Morgan fingerprint density at radius 1 is 0.260 bits per heavy atom. The molecule has 0 amide bonds. The van der Waals surface area contributed by atoms with E-state index in [4.69, 9.17) is 0 Å². The van der Waals surface area contributed by atoms with Crippen LogP contribution in [-0.4, -0.2) is 63.7 Å². The van der Waals surface area contributed by atoms with Gasteiger partial charge in [-0.2, -0.15) is 0 Å². The number of hydrogen-bond donors (Lipinski definition) is 0. The van der Waals surface area contributed by atoms with E-state index in [-0.39, 0.29) is 47.5 Å². The Labute approximate surface area is 504 Å². The fourth-order valence-electron chi connectivity index (χ4n) is 11.5. The van der Waals surface area contributed by atoms with Crippen LogP contribution >= 0.6 is 0 Å². The average molecular weight is 1130 g/mol. The van der Waals surface area contributed by atoms with E-state index >= 15 is 0 Å². The van der Waals surface area contributed by atoms with Crippen LogP contribution in [0.4, 0.5) is 0 Å². The van der Waals surface area contributed by atoms with Crippen molar-refractivity contribution in [2.45, 2.75) is 320 Å². The molecular weight excluding hydrogens is 1020 g/mol. The molecule has 0 radical (unpaired) electrons. The topological polar surface area (TPSA) is 114 Å². The van der Waals surface area contributed by atoms with Gasteiger partial charge in [-0.25, -0.2) is 16.8 Å². The first-order chi connectivity index (χ1) is 37.0. The molecule has 0 bridgehead atoms. The van der Waals surface area contributed by atoms with Crippen molar-refractivity contribution in [2.24, 2.45) is 0 Å². The molecule has 432 valence electrons. The molecule has 0 fully saturated rings. The van der Waals surface area contributed by atoms with Crippen molar-refractivity contribution in [1.82, 2.24) is 0 Å². The van der Waals surface area contributed by atoms with Gasteiger partial charge in [0, 0.05) is 0 Å². The Morgan fingerprint density at radius 3 is 0.688 bits per heavy atom. The minimum atomic E-state index is -4.53. The van der Waals surface area contributed by atoms with Gasteiger partial charge in [0.1, 0.15) is 20.2 Å². The van der Waals surface area contributed by atoms with Crippen LogP contribution in [0.15, 0.2) is 70.5 Å². The number of aryl methyl sites for hydroxylation is 4. The van der Waals surface area contributed by atoms with Gasteiger partial charge >= 0.3 is 37.7 Å². The van der Waals surface area contributed by atoms with Gasteiger partial charge in [-0.1, -0.05) is 320 Å². The van der Waals surface area contributed by atoms with Gasteiger partial charge in [0.25, 0.3) is 0 Å². The van der Waals surface area contributed by atoms with Crippen LogP contribution < -0.4 is 0 Å². The van der Waals surface area contributed by atoms with E-state index in [0.717, 1.165) is 73.3 Å². The molecule has 0 unspecified atom stereocenters. The van der Waals surface area contributed by atoms with Crippen molar-refractivity contribution >= 4 is 79.5 Å². The van der Waals surface area contributed by atoms with Crippen LogP contribution in [0.3, 0.4) is 0 Å². The van der Waals surface area contributed by atoms with Crippen LogP contribution in [0, 0.1) is 0 Å². The summed E-state index contributed by atoms with van der Waals surface area (Å²) in [6.07, 6.45) is 54.0. The third kappa shape index (κ3) is 30.9. The first-order valence-corrected chi connectivity index (χ1v) is 34.8. The van der Waals surface area contributed by atoms with Gasteiger partial charge in [0.15, 0.2) is 0 Å². The number of hydrogen-bond acceptors (Lipinski definition) is 6. The Hall–Kier alpha value is -1.52. The van der Waals surface area contributed by atoms with Gasteiger partial charge in [-0.05, 0) is 95.2 Å². The third-order valence-electron chi connectivity index (χ3n) is 16.1. The summed E-state index contributed by atoms with van der Waals surface area (Å²) in [5.74, 6) is 0. The molecule has 4 aromatic rings. The molecule has 77 heavy (non-hydrogen) atoms. The summed E-state index contributed by atoms with van der Waals surface area (Å²) < 4.78 is 74.1. The van der Waals surface area contributed by atoms with Gasteiger partial charge in [-0.15, -0.1) is 0 Å². The van der Waals surface area contributed by atoms with Gasteiger partial charge < -0.3 is 9.11 Å². The first kappa shape index (κ1) is 71.6. The molecule has 0 N–H and O–H groups in total. The molecule has 0 aliphatic carbocycles. The summed E-state index contributed by atoms with van der Waals surface area (Å²) in [4.78, 5) is 0.0479. The predicted molar refractivity (Wildman–Crippen MR) is 332 cm³/mol. The van der Waals surface area contributed by atoms with Crippen LogP contribution in [0.25, 0.3) is 21.5 Å². The molecule has 0 heterocycles. The summed E-state index contributed by atoms with van der Waals surface area (Å²) in [6.45, 7) is 9.01. The zero-order chi connectivity index (χ0) is 55.0. The second-order valence-corrected chi connectivity index (χ2v) is 25.4. The van der Waals surface area contributed by atoms with Crippen LogP contribution in [0.2, 0.25) is 0 Å². The van der Waals surface area contributed by atoms with E-state index in [0.29, 0.717) is 34.7 Å². The molecule has 9 heteroatoms. The summed E-state index contributed by atoms with van der Waals surface area (Å²) in [6, 6.07) is 19.6. The molecule has 6 nitrogen and oxygen atoms in total. The molecule has 0 saturated heterocycles. The van der Waals surface area contributed by atoms with Crippen LogP contribution in [-0.2, 0) is 45.9 Å². The quantitative estimate of drug-likeness (QED) is 0.0247. The Morgan fingerprint density at radius 2 is 0.468 bits per heavy atom. The summed E-state index contributed by atoms with van der Waals surface area (Å²) in [5, 5.41) is 3.11. The molecule has 0 saturated carbocycles. The first-order valence-electron chi connectivity index (χ1n) is 32.0. The van der Waals surface area contributed by atoms with Crippen LogP contribution in [0.1, 0.15) is 307 Å². The van der Waals surface area contributed by atoms with Crippen molar-refractivity contribution in [2.75, 3.05) is 0 Å². The largest absolute Gasteiger partial charge is 2.00 e. The van der Waals surface area contributed by atoms with E-state index in [2.05, 4.69) is 52.0 Å². The van der Waals surface area contributed by atoms with Crippen molar-refractivity contribution < 1.29 is 25.9 Å². The maximum Gasteiger partial charge on any atom is 2.00 e. The second-order valence-electron chi connectivity index (χ2n) is 22.8.